The number of likely N-dealkylation sites (tertiary alicyclic amines) is 1. The third-order valence-electron chi connectivity index (χ3n) is 4.66. The van der Waals surface area contributed by atoms with E-state index in [-0.39, 0.29) is 24.0 Å². The van der Waals surface area contributed by atoms with Crippen molar-refractivity contribution in [2.24, 2.45) is 4.99 Å². The molecule has 0 aliphatic carbocycles. The Kier molecular flexibility index (Phi) is 9.11. The second-order valence-electron chi connectivity index (χ2n) is 6.51. The van der Waals surface area contributed by atoms with Crippen LogP contribution in [0.15, 0.2) is 41.5 Å². The molecule has 6 heteroatoms. The first-order chi connectivity index (χ1) is 12.4. The van der Waals surface area contributed by atoms with E-state index in [9.17, 15) is 0 Å². The maximum absolute atomic E-state index is 4.76. The van der Waals surface area contributed by atoms with Crippen molar-refractivity contribution < 1.29 is 0 Å². The molecule has 0 unspecified atom stereocenters. The van der Waals surface area contributed by atoms with Gasteiger partial charge < -0.3 is 15.5 Å². The zero-order valence-corrected chi connectivity index (χ0v) is 17.9. The van der Waals surface area contributed by atoms with Gasteiger partial charge in [0.25, 0.3) is 0 Å². The minimum atomic E-state index is 0. The number of guanidine groups is 1. The van der Waals surface area contributed by atoms with Crippen molar-refractivity contribution in [1.82, 2.24) is 20.5 Å². The van der Waals surface area contributed by atoms with Gasteiger partial charge in [0, 0.05) is 31.2 Å². The largest absolute Gasteiger partial charge is 0.357 e. The summed E-state index contributed by atoms with van der Waals surface area (Å²) in [5, 5.41) is 7.99. The van der Waals surface area contributed by atoms with Crippen LogP contribution < -0.4 is 10.6 Å². The van der Waals surface area contributed by atoms with Crippen molar-refractivity contribution in [3.63, 3.8) is 0 Å². The van der Waals surface area contributed by atoms with Gasteiger partial charge in [-0.3, -0.25) is 4.98 Å². The number of nitrogens with zero attached hydrogens (tertiary/aromatic N) is 3. The Balaban J connectivity index is 0.00000243. The second kappa shape index (κ2) is 11.3. The Hall–Kier alpha value is -1.41. The molecule has 1 aromatic carbocycles. The number of hydrogen-bond donors (Lipinski definition) is 2. The van der Waals surface area contributed by atoms with Crippen molar-refractivity contribution in [2.45, 2.75) is 32.7 Å². The number of rotatable bonds is 6. The van der Waals surface area contributed by atoms with Gasteiger partial charge in [-0.15, -0.1) is 24.0 Å². The lowest BCUT2D eigenvalue weighted by Gasteiger charge is -2.26. The zero-order chi connectivity index (χ0) is 17.3. The average Bonchev–Trinajstić information content (AvgIpc) is 2.67. The highest BCUT2D eigenvalue weighted by atomic mass is 127. The third-order valence-corrected chi connectivity index (χ3v) is 4.66. The second-order valence-corrected chi connectivity index (χ2v) is 6.51. The number of aromatic nitrogens is 1. The summed E-state index contributed by atoms with van der Waals surface area (Å²) in [6.45, 7) is 8.11. The van der Waals surface area contributed by atoms with Gasteiger partial charge in [-0.25, -0.2) is 4.99 Å². The standard InChI is InChI=1S/C20H29N5.HI/c1-2-21-20(23-12-15-25-13-6-3-7-14-25)24-16-17-10-11-22-19-9-5-4-8-18(17)19;/h4-5,8-11H,2-3,6-7,12-16H2,1H3,(H2,21,23,24);1H. The summed E-state index contributed by atoms with van der Waals surface area (Å²) in [6.07, 6.45) is 5.92. The molecule has 0 radical (unpaired) electrons. The van der Waals surface area contributed by atoms with E-state index in [0.717, 1.165) is 31.1 Å². The van der Waals surface area contributed by atoms with Gasteiger partial charge in [-0.05, 0) is 50.6 Å². The number of benzene rings is 1. The summed E-state index contributed by atoms with van der Waals surface area (Å²) < 4.78 is 0. The van der Waals surface area contributed by atoms with Crippen molar-refractivity contribution in [3.8, 4) is 0 Å². The molecule has 1 saturated heterocycles. The predicted octanol–water partition coefficient (Wildman–Crippen LogP) is 3.39. The molecule has 2 heterocycles. The molecule has 5 nitrogen and oxygen atoms in total. The number of pyridine rings is 1. The quantitative estimate of drug-likeness (QED) is 0.389. The van der Waals surface area contributed by atoms with Gasteiger partial charge in [0.2, 0.25) is 0 Å². The van der Waals surface area contributed by atoms with Gasteiger partial charge in [0.05, 0.1) is 12.1 Å². The van der Waals surface area contributed by atoms with Crippen LogP contribution in [0.4, 0.5) is 0 Å². The molecule has 142 valence electrons. The van der Waals surface area contributed by atoms with E-state index in [2.05, 4.69) is 45.6 Å². The number of nitrogens with one attached hydrogen (secondary N) is 2. The lowest BCUT2D eigenvalue weighted by atomic mass is 10.1. The van der Waals surface area contributed by atoms with Crippen LogP contribution in [0.1, 0.15) is 31.7 Å². The summed E-state index contributed by atoms with van der Waals surface area (Å²) in [5.74, 6) is 0.889. The molecule has 0 atom stereocenters. The van der Waals surface area contributed by atoms with Crippen molar-refractivity contribution in [2.75, 3.05) is 32.7 Å². The van der Waals surface area contributed by atoms with Crippen LogP contribution in [0.25, 0.3) is 10.9 Å². The minimum absolute atomic E-state index is 0. The van der Waals surface area contributed by atoms with Crippen LogP contribution in [0.2, 0.25) is 0 Å². The fraction of sp³-hybridized carbons (Fsp3) is 0.500. The number of para-hydroxylation sites is 1. The summed E-state index contributed by atoms with van der Waals surface area (Å²) in [4.78, 5) is 11.7. The van der Waals surface area contributed by atoms with Gasteiger partial charge in [0.15, 0.2) is 5.96 Å². The van der Waals surface area contributed by atoms with Gasteiger partial charge >= 0.3 is 0 Å². The molecule has 1 aromatic heterocycles. The molecule has 0 saturated carbocycles. The Morgan fingerprint density at radius 1 is 1.12 bits per heavy atom. The van der Waals surface area contributed by atoms with Crippen LogP contribution in [0.5, 0.6) is 0 Å². The highest BCUT2D eigenvalue weighted by Gasteiger charge is 2.09. The van der Waals surface area contributed by atoms with Gasteiger partial charge in [0.1, 0.15) is 0 Å². The van der Waals surface area contributed by atoms with E-state index in [0.29, 0.717) is 6.54 Å². The van der Waals surface area contributed by atoms with E-state index >= 15 is 0 Å². The van der Waals surface area contributed by atoms with Crippen molar-refractivity contribution in [1.29, 1.82) is 0 Å². The van der Waals surface area contributed by atoms with Gasteiger partial charge in [-0.1, -0.05) is 24.6 Å². The molecular weight excluding hydrogens is 437 g/mol. The fourth-order valence-corrected chi connectivity index (χ4v) is 3.31. The maximum Gasteiger partial charge on any atom is 0.191 e. The Morgan fingerprint density at radius 2 is 1.92 bits per heavy atom. The summed E-state index contributed by atoms with van der Waals surface area (Å²) in [7, 11) is 0. The van der Waals surface area contributed by atoms with E-state index in [4.69, 9.17) is 4.99 Å². The number of hydrogen-bond acceptors (Lipinski definition) is 3. The lowest BCUT2D eigenvalue weighted by molar-refractivity contribution is 0.232. The van der Waals surface area contributed by atoms with E-state index in [1.165, 1.54) is 43.3 Å². The normalized spacial score (nSPS) is 15.5. The van der Waals surface area contributed by atoms with Crippen LogP contribution in [-0.2, 0) is 6.54 Å². The van der Waals surface area contributed by atoms with E-state index in [1.807, 2.05) is 18.3 Å². The molecule has 1 aliphatic heterocycles. The number of halogens is 1. The molecule has 2 N–H and O–H groups in total. The lowest BCUT2D eigenvalue weighted by Crippen LogP contribution is -2.42. The summed E-state index contributed by atoms with van der Waals surface area (Å²) >= 11 is 0. The highest BCUT2D eigenvalue weighted by Crippen LogP contribution is 2.16. The topological polar surface area (TPSA) is 52.6 Å². The van der Waals surface area contributed by atoms with Crippen LogP contribution >= 0.6 is 24.0 Å². The third kappa shape index (κ3) is 6.09. The van der Waals surface area contributed by atoms with E-state index < -0.39 is 0 Å². The molecule has 2 aromatic rings. The molecule has 0 amide bonds. The Morgan fingerprint density at radius 3 is 2.73 bits per heavy atom. The maximum atomic E-state index is 4.76. The Bertz CT molecular complexity index is 692. The van der Waals surface area contributed by atoms with Crippen molar-refractivity contribution in [3.05, 3.63) is 42.1 Å². The van der Waals surface area contributed by atoms with Crippen LogP contribution in [0, 0.1) is 0 Å². The zero-order valence-electron chi connectivity index (χ0n) is 15.6. The molecule has 0 spiro atoms. The highest BCUT2D eigenvalue weighted by molar-refractivity contribution is 14.0. The average molecular weight is 467 g/mol. The molecule has 3 rings (SSSR count). The summed E-state index contributed by atoms with van der Waals surface area (Å²) in [6, 6.07) is 10.3. The van der Waals surface area contributed by atoms with E-state index in [1.54, 1.807) is 0 Å². The molecular formula is C20H30IN5. The minimum Gasteiger partial charge on any atom is -0.357 e. The number of piperidine rings is 1. The fourth-order valence-electron chi connectivity index (χ4n) is 3.31. The first-order valence-electron chi connectivity index (χ1n) is 9.44. The molecule has 1 fully saturated rings. The van der Waals surface area contributed by atoms with Crippen LogP contribution in [0.3, 0.4) is 0 Å². The SMILES string of the molecule is CCNC(=NCc1ccnc2ccccc12)NCCN1CCCCC1.I. The van der Waals surface area contributed by atoms with Gasteiger partial charge in [-0.2, -0.15) is 0 Å². The number of fused-ring (bicyclic) bond motifs is 1. The smallest absolute Gasteiger partial charge is 0.191 e. The van der Waals surface area contributed by atoms with Crippen LogP contribution in [-0.4, -0.2) is 48.6 Å². The monoisotopic (exact) mass is 467 g/mol. The predicted molar refractivity (Wildman–Crippen MR) is 120 cm³/mol. The molecule has 26 heavy (non-hydrogen) atoms. The Labute approximate surface area is 173 Å². The first kappa shape index (κ1) is 20.9. The summed E-state index contributed by atoms with van der Waals surface area (Å²) in [5.41, 5.74) is 2.23. The van der Waals surface area contributed by atoms with Crippen molar-refractivity contribution >= 4 is 40.8 Å². The molecule has 1 aliphatic rings. The number of aliphatic imine (C=N–C) groups is 1. The molecule has 0 bridgehead atoms. The first-order valence-corrected chi connectivity index (χ1v) is 9.44.